The molecule has 0 radical (unpaired) electrons. The number of carbonyl (C=O) groups is 1. The van der Waals surface area contributed by atoms with Crippen LogP contribution in [0.25, 0.3) is 0 Å². The van der Waals surface area contributed by atoms with Gasteiger partial charge in [-0.1, -0.05) is 36.4 Å². The predicted molar refractivity (Wildman–Crippen MR) is 133 cm³/mol. The summed E-state index contributed by atoms with van der Waals surface area (Å²) in [6, 6.07) is 15.5. The van der Waals surface area contributed by atoms with Crippen LogP contribution in [0.4, 0.5) is 0 Å². The lowest BCUT2D eigenvalue weighted by Gasteiger charge is -2.35. The molecule has 0 saturated carbocycles. The standard InChI is InChI=1S/C26H33N3O5S/c30-26(27-12-14-29(15-13-27)35(31,32)20-21-6-2-1-3-7-21)19-28-11-4-8-23(28)22-9-10-24-25(18-22)34-17-5-16-33-24/h1-3,6-7,9-10,18,23H,4-5,8,11-17,19-20H2/t23-/m1/s1. The summed E-state index contributed by atoms with van der Waals surface area (Å²) in [6.07, 6.45) is 2.91. The number of nitrogens with zero attached hydrogens (tertiary/aromatic N) is 3. The van der Waals surface area contributed by atoms with Crippen LogP contribution in [0.15, 0.2) is 48.5 Å². The molecule has 188 valence electrons. The van der Waals surface area contributed by atoms with Gasteiger partial charge >= 0.3 is 0 Å². The number of fused-ring (bicyclic) bond motifs is 1. The molecule has 0 bridgehead atoms. The summed E-state index contributed by atoms with van der Waals surface area (Å²) in [5.41, 5.74) is 1.93. The monoisotopic (exact) mass is 499 g/mol. The maximum absolute atomic E-state index is 13.1. The van der Waals surface area contributed by atoms with Gasteiger partial charge in [0, 0.05) is 38.6 Å². The fourth-order valence-corrected chi connectivity index (χ4v) is 6.66. The number of ether oxygens (including phenoxy) is 2. The number of carbonyl (C=O) groups excluding carboxylic acids is 1. The number of hydrogen-bond acceptors (Lipinski definition) is 6. The molecule has 2 aromatic carbocycles. The van der Waals surface area contributed by atoms with E-state index >= 15 is 0 Å². The van der Waals surface area contributed by atoms with Gasteiger partial charge in [-0.05, 0) is 42.6 Å². The Kier molecular flexibility index (Phi) is 7.27. The first kappa shape index (κ1) is 24.1. The molecule has 0 N–H and O–H groups in total. The number of sulfonamides is 1. The first-order valence-corrected chi connectivity index (χ1v) is 14.0. The van der Waals surface area contributed by atoms with Crippen molar-refractivity contribution in [2.24, 2.45) is 0 Å². The van der Waals surface area contributed by atoms with Gasteiger partial charge in [-0.2, -0.15) is 4.31 Å². The first-order chi connectivity index (χ1) is 17.0. The van der Waals surface area contributed by atoms with Crippen molar-refractivity contribution in [3.05, 3.63) is 59.7 Å². The van der Waals surface area contributed by atoms with Crippen LogP contribution < -0.4 is 9.47 Å². The van der Waals surface area contributed by atoms with Gasteiger partial charge in [-0.3, -0.25) is 9.69 Å². The van der Waals surface area contributed by atoms with Crippen molar-refractivity contribution >= 4 is 15.9 Å². The summed E-state index contributed by atoms with van der Waals surface area (Å²) >= 11 is 0. The Morgan fingerprint density at radius 2 is 1.63 bits per heavy atom. The Labute approximate surface area is 207 Å². The molecule has 3 heterocycles. The average Bonchev–Trinajstić information content (AvgIpc) is 3.19. The molecule has 0 aromatic heterocycles. The van der Waals surface area contributed by atoms with Crippen molar-refractivity contribution in [2.45, 2.75) is 31.1 Å². The molecule has 1 amide bonds. The van der Waals surface area contributed by atoms with Crippen LogP contribution in [-0.4, -0.2) is 80.9 Å². The molecule has 0 spiro atoms. The molecule has 1 atom stereocenters. The highest BCUT2D eigenvalue weighted by atomic mass is 32.2. The Bertz CT molecular complexity index is 1130. The van der Waals surface area contributed by atoms with Gasteiger partial charge in [0.25, 0.3) is 0 Å². The summed E-state index contributed by atoms with van der Waals surface area (Å²) in [4.78, 5) is 17.2. The van der Waals surface area contributed by atoms with Crippen LogP contribution in [0, 0.1) is 0 Å². The second kappa shape index (κ2) is 10.6. The van der Waals surface area contributed by atoms with Gasteiger partial charge < -0.3 is 14.4 Å². The number of rotatable bonds is 6. The molecule has 0 unspecified atom stereocenters. The van der Waals surface area contributed by atoms with E-state index in [0.717, 1.165) is 48.4 Å². The van der Waals surface area contributed by atoms with Crippen molar-refractivity contribution in [2.75, 3.05) is 52.5 Å². The molecular formula is C26H33N3O5S. The predicted octanol–water partition coefficient (Wildman–Crippen LogP) is 2.66. The van der Waals surface area contributed by atoms with Crippen LogP contribution in [0.2, 0.25) is 0 Å². The molecule has 9 heteroatoms. The molecule has 3 aliphatic rings. The Hall–Kier alpha value is -2.62. The van der Waals surface area contributed by atoms with Gasteiger partial charge in [-0.25, -0.2) is 8.42 Å². The third-order valence-electron chi connectivity index (χ3n) is 7.03. The largest absolute Gasteiger partial charge is 0.490 e. The Balaban J connectivity index is 1.17. The van der Waals surface area contributed by atoms with E-state index in [1.807, 2.05) is 36.4 Å². The molecule has 5 rings (SSSR count). The van der Waals surface area contributed by atoms with Crippen LogP contribution in [0.1, 0.15) is 36.4 Å². The topological polar surface area (TPSA) is 79.4 Å². The highest BCUT2D eigenvalue weighted by Crippen LogP contribution is 2.37. The lowest BCUT2D eigenvalue weighted by atomic mass is 10.0. The van der Waals surface area contributed by atoms with Crippen molar-refractivity contribution < 1.29 is 22.7 Å². The summed E-state index contributed by atoms with van der Waals surface area (Å²) in [5, 5.41) is 0. The number of benzene rings is 2. The van der Waals surface area contributed by atoms with Gasteiger partial charge in [0.2, 0.25) is 15.9 Å². The summed E-state index contributed by atoms with van der Waals surface area (Å²) in [6.45, 7) is 4.06. The van der Waals surface area contributed by atoms with Crippen molar-refractivity contribution in [3.8, 4) is 11.5 Å². The lowest BCUT2D eigenvalue weighted by molar-refractivity contribution is -0.133. The highest BCUT2D eigenvalue weighted by Gasteiger charge is 2.33. The zero-order valence-corrected chi connectivity index (χ0v) is 20.8. The Morgan fingerprint density at radius 1 is 0.886 bits per heavy atom. The van der Waals surface area contributed by atoms with Gasteiger partial charge in [-0.15, -0.1) is 0 Å². The van der Waals surface area contributed by atoms with E-state index in [2.05, 4.69) is 17.0 Å². The van der Waals surface area contributed by atoms with E-state index in [-0.39, 0.29) is 17.7 Å². The fourth-order valence-electron chi connectivity index (χ4n) is 5.15. The van der Waals surface area contributed by atoms with Crippen LogP contribution in [-0.2, 0) is 20.6 Å². The smallest absolute Gasteiger partial charge is 0.236 e. The fraction of sp³-hybridized carbons (Fsp3) is 0.500. The first-order valence-electron chi connectivity index (χ1n) is 12.4. The van der Waals surface area contributed by atoms with E-state index < -0.39 is 10.0 Å². The minimum absolute atomic E-state index is 0.00717. The average molecular weight is 500 g/mol. The molecule has 35 heavy (non-hydrogen) atoms. The zero-order valence-electron chi connectivity index (χ0n) is 20.0. The summed E-state index contributed by atoms with van der Waals surface area (Å²) in [5.74, 6) is 1.62. The van der Waals surface area contributed by atoms with Crippen LogP contribution in [0.3, 0.4) is 0 Å². The van der Waals surface area contributed by atoms with Crippen LogP contribution in [0.5, 0.6) is 11.5 Å². The second-order valence-electron chi connectivity index (χ2n) is 9.41. The third-order valence-corrected chi connectivity index (χ3v) is 8.89. The minimum atomic E-state index is -3.40. The van der Waals surface area contributed by atoms with Crippen molar-refractivity contribution in [3.63, 3.8) is 0 Å². The van der Waals surface area contributed by atoms with Crippen LogP contribution >= 0.6 is 0 Å². The maximum atomic E-state index is 13.1. The molecule has 2 aromatic rings. The van der Waals surface area contributed by atoms with Gasteiger partial charge in [0.15, 0.2) is 11.5 Å². The van der Waals surface area contributed by atoms with E-state index in [9.17, 15) is 13.2 Å². The molecule has 0 aliphatic carbocycles. The Morgan fingerprint density at radius 3 is 2.40 bits per heavy atom. The number of hydrogen-bond donors (Lipinski definition) is 0. The maximum Gasteiger partial charge on any atom is 0.236 e. The van der Waals surface area contributed by atoms with E-state index in [0.29, 0.717) is 45.9 Å². The van der Waals surface area contributed by atoms with E-state index in [1.54, 1.807) is 4.90 Å². The molecule has 3 aliphatic heterocycles. The number of likely N-dealkylation sites (tertiary alicyclic amines) is 1. The number of piperazine rings is 1. The van der Waals surface area contributed by atoms with E-state index in [4.69, 9.17) is 9.47 Å². The second-order valence-corrected chi connectivity index (χ2v) is 11.4. The lowest BCUT2D eigenvalue weighted by Crippen LogP contribution is -2.52. The molecule has 2 fully saturated rings. The van der Waals surface area contributed by atoms with Gasteiger partial charge in [0.05, 0.1) is 25.5 Å². The molecule has 2 saturated heterocycles. The van der Waals surface area contributed by atoms with Crippen molar-refractivity contribution in [1.29, 1.82) is 0 Å². The molecular weight excluding hydrogens is 466 g/mol. The normalized spacial score (nSPS) is 21.6. The minimum Gasteiger partial charge on any atom is -0.490 e. The highest BCUT2D eigenvalue weighted by molar-refractivity contribution is 7.88. The SMILES string of the molecule is O=C(CN1CCC[C@@H]1c1ccc2c(c1)OCCCO2)N1CCN(S(=O)(=O)Cc2ccccc2)CC1. The number of amides is 1. The van der Waals surface area contributed by atoms with Crippen molar-refractivity contribution in [1.82, 2.24) is 14.1 Å². The van der Waals surface area contributed by atoms with E-state index in [1.165, 1.54) is 4.31 Å². The summed E-state index contributed by atoms with van der Waals surface area (Å²) in [7, 11) is -3.40. The quantitative estimate of drug-likeness (QED) is 0.608. The third kappa shape index (κ3) is 5.63. The van der Waals surface area contributed by atoms with Gasteiger partial charge in [0.1, 0.15) is 0 Å². The molecule has 8 nitrogen and oxygen atoms in total. The summed E-state index contributed by atoms with van der Waals surface area (Å²) < 4.78 is 38.8. The zero-order chi connectivity index (χ0) is 24.3.